The molecule has 1 heterocycles. The summed E-state index contributed by atoms with van der Waals surface area (Å²) in [4.78, 5) is 28.9. The molecule has 28 heavy (non-hydrogen) atoms. The molecule has 1 aliphatic carbocycles. The van der Waals surface area contributed by atoms with Crippen molar-refractivity contribution in [1.82, 2.24) is 9.55 Å². The van der Waals surface area contributed by atoms with Crippen LogP contribution in [0.15, 0.2) is 24.3 Å². The van der Waals surface area contributed by atoms with Gasteiger partial charge in [0.25, 0.3) is 0 Å². The first-order chi connectivity index (χ1) is 13.3. The van der Waals surface area contributed by atoms with E-state index in [2.05, 4.69) is 25.8 Å². The molecule has 3 rings (SSSR count). The van der Waals surface area contributed by atoms with Crippen LogP contribution >= 0.6 is 0 Å². The molecular formula is C22H30N2O4. The molecule has 1 aromatic heterocycles. The average Bonchev–Trinajstić information content (AvgIpc) is 2.95. The van der Waals surface area contributed by atoms with Gasteiger partial charge in [-0.1, -0.05) is 39.3 Å². The van der Waals surface area contributed by atoms with E-state index in [1.165, 1.54) is 6.42 Å². The van der Waals surface area contributed by atoms with Gasteiger partial charge in [0.15, 0.2) is 6.61 Å². The van der Waals surface area contributed by atoms with Crippen LogP contribution in [0.4, 0.5) is 0 Å². The Hall–Kier alpha value is -2.37. The van der Waals surface area contributed by atoms with Gasteiger partial charge in [0.2, 0.25) is 0 Å². The van der Waals surface area contributed by atoms with Gasteiger partial charge in [-0.3, -0.25) is 4.79 Å². The Morgan fingerprint density at radius 3 is 2.71 bits per heavy atom. The molecule has 1 aliphatic rings. The summed E-state index contributed by atoms with van der Waals surface area (Å²) in [6.45, 7) is 8.04. The molecule has 0 bridgehead atoms. The van der Waals surface area contributed by atoms with E-state index in [9.17, 15) is 9.59 Å². The Morgan fingerprint density at radius 2 is 1.96 bits per heavy atom. The van der Waals surface area contributed by atoms with E-state index in [0.717, 1.165) is 29.7 Å². The van der Waals surface area contributed by atoms with Crippen LogP contribution in [-0.4, -0.2) is 34.2 Å². The summed E-state index contributed by atoms with van der Waals surface area (Å²) in [5.41, 5.74) is 1.70. The molecule has 0 spiro atoms. The SMILES string of the molecule is Cc1nc2ccccc2n1CC(=O)OCC(=O)OC1CC(C)CCC1C(C)C. The Kier molecular flexibility index (Phi) is 6.37. The van der Waals surface area contributed by atoms with Gasteiger partial charge in [-0.05, 0) is 49.7 Å². The van der Waals surface area contributed by atoms with Crippen molar-refractivity contribution in [3.8, 4) is 0 Å². The first-order valence-electron chi connectivity index (χ1n) is 10.1. The minimum absolute atomic E-state index is 0.0225. The molecule has 1 aromatic carbocycles. The second kappa shape index (κ2) is 8.76. The average molecular weight is 386 g/mol. The molecule has 1 saturated carbocycles. The topological polar surface area (TPSA) is 70.4 Å². The zero-order valence-electron chi connectivity index (χ0n) is 17.2. The lowest BCUT2D eigenvalue weighted by molar-refractivity contribution is -0.167. The molecule has 3 atom stereocenters. The van der Waals surface area contributed by atoms with Crippen molar-refractivity contribution < 1.29 is 19.1 Å². The third kappa shape index (κ3) is 4.72. The van der Waals surface area contributed by atoms with Gasteiger partial charge in [0, 0.05) is 0 Å². The highest BCUT2D eigenvalue weighted by atomic mass is 16.6. The van der Waals surface area contributed by atoms with Gasteiger partial charge in [0.05, 0.1) is 11.0 Å². The Morgan fingerprint density at radius 1 is 1.21 bits per heavy atom. The summed E-state index contributed by atoms with van der Waals surface area (Å²) >= 11 is 0. The smallest absolute Gasteiger partial charge is 0.344 e. The molecule has 0 saturated heterocycles. The van der Waals surface area contributed by atoms with Crippen LogP contribution in [0, 0.1) is 24.7 Å². The number of rotatable bonds is 6. The summed E-state index contributed by atoms with van der Waals surface area (Å²) in [5.74, 6) is 1.18. The number of hydrogen-bond acceptors (Lipinski definition) is 5. The number of aromatic nitrogens is 2. The Bertz CT molecular complexity index is 842. The number of aryl methyl sites for hydroxylation is 1. The van der Waals surface area contributed by atoms with Crippen molar-refractivity contribution >= 4 is 23.0 Å². The lowest BCUT2D eigenvalue weighted by Gasteiger charge is -2.36. The number of nitrogens with zero attached hydrogens (tertiary/aromatic N) is 2. The number of esters is 2. The molecule has 0 N–H and O–H groups in total. The van der Waals surface area contributed by atoms with Gasteiger partial charge < -0.3 is 14.0 Å². The predicted molar refractivity (Wildman–Crippen MR) is 107 cm³/mol. The molecule has 6 nitrogen and oxygen atoms in total. The van der Waals surface area contributed by atoms with Crippen LogP contribution in [-0.2, 0) is 25.6 Å². The van der Waals surface area contributed by atoms with Crippen molar-refractivity contribution in [3.63, 3.8) is 0 Å². The van der Waals surface area contributed by atoms with Crippen LogP contribution in [0.2, 0.25) is 0 Å². The minimum Gasteiger partial charge on any atom is -0.460 e. The highest BCUT2D eigenvalue weighted by Gasteiger charge is 2.33. The maximum atomic E-state index is 12.3. The van der Waals surface area contributed by atoms with E-state index < -0.39 is 11.9 Å². The van der Waals surface area contributed by atoms with Crippen molar-refractivity contribution in [2.75, 3.05) is 6.61 Å². The number of carbonyl (C=O) groups excluding carboxylic acids is 2. The number of carbonyl (C=O) groups is 2. The summed E-state index contributed by atoms with van der Waals surface area (Å²) in [5, 5.41) is 0. The number of fused-ring (bicyclic) bond motifs is 1. The number of benzene rings is 1. The monoisotopic (exact) mass is 386 g/mol. The third-order valence-corrected chi connectivity index (χ3v) is 5.73. The molecule has 3 unspecified atom stereocenters. The predicted octanol–water partition coefficient (Wildman–Crippen LogP) is 3.89. The summed E-state index contributed by atoms with van der Waals surface area (Å²) in [6.07, 6.45) is 3.03. The van der Waals surface area contributed by atoms with Crippen LogP contribution in [0.25, 0.3) is 11.0 Å². The third-order valence-electron chi connectivity index (χ3n) is 5.73. The number of imidazole rings is 1. The summed E-state index contributed by atoms with van der Waals surface area (Å²) in [7, 11) is 0. The van der Waals surface area contributed by atoms with Crippen molar-refractivity contribution in [3.05, 3.63) is 30.1 Å². The molecule has 6 heteroatoms. The van der Waals surface area contributed by atoms with Gasteiger partial charge in [-0.2, -0.15) is 0 Å². The highest BCUT2D eigenvalue weighted by Crippen LogP contribution is 2.35. The zero-order chi connectivity index (χ0) is 20.3. The first-order valence-corrected chi connectivity index (χ1v) is 10.1. The molecule has 0 radical (unpaired) electrons. The Balaban J connectivity index is 1.54. The first kappa shape index (κ1) is 20.4. The number of hydrogen-bond donors (Lipinski definition) is 0. The van der Waals surface area contributed by atoms with Gasteiger partial charge in [-0.15, -0.1) is 0 Å². The van der Waals surface area contributed by atoms with Crippen LogP contribution in [0.3, 0.4) is 0 Å². The van der Waals surface area contributed by atoms with E-state index in [4.69, 9.17) is 9.47 Å². The van der Waals surface area contributed by atoms with Crippen LogP contribution in [0.5, 0.6) is 0 Å². The second-order valence-corrected chi connectivity index (χ2v) is 8.25. The summed E-state index contributed by atoms with van der Waals surface area (Å²) < 4.78 is 12.7. The molecule has 1 fully saturated rings. The van der Waals surface area contributed by atoms with Crippen LogP contribution < -0.4 is 0 Å². The molecule has 0 aliphatic heterocycles. The lowest BCUT2D eigenvalue weighted by atomic mass is 9.75. The van der Waals surface area contributed by atoms with Crippen molar-refractivity contribution in [1.29, 1.82) is 0 Å². The van der Waals surface area contributed by atoms with Gasteiger partial charge >= 0.3 is 11.9 Å². The maximum Gasteiger partial charge on any atom is 0.344 e. The van der Waals surface area contributed by atoms with E-state index in [0.29, 0.717) is 17.8 Å². The van der Waals surface area contributed by atoms with Crippen molar-refractivity contribution in [2.45, 2.75) is 59.6 Å². The number of ether oxygens (including phenoxy) is 2. The number of para-hydroxylation sites is 2. The molecule has 152 valence electrons. The molecular weight excluding hydrogens is 356 g/mol. The fourth-order valence-electron chi connectivity index (χ4n) is 4.16. The fourth-order valence-corrected chi connectivity index (χ4v) is 4.16. The largest absolute Gasteiger partial charge is 0.460 e. The normalized spacial score (nSPS) is 22.4. The maximum absolute atomic E-state index is 12.3. The van der Waals surface area contributed by atoms with Gasteiger partial charge in [-0.25, -0.2) is 9.78 Å². The van der Waals surface area contributed by atoms with Crippen molar-refractivity contribution in [2.24, 2.45) is 17.8 Å². The van der Waals surface area contributed by atoms with E-state index in [1.807, 2.05) is 31.2 Å². The standard InChI is InChI=1S/C22H30N2O4/c1-14(2)17-10-9-15(3)11-20(17)28-22(26)13-27-21(25)12-24-16(4)23-18-7-5-6-8-19(18)24/h5-8,14-15,17,20H,9-13H2,1-4H3. The van der Waals surface area contributed by atoms with Gasteiger partial charge in [0.1, 0.15) is 18.5 Å². The Labute approximate surface area is 166 Å². The highest BCUT2D eigenvalue weighted by molar-refractivity contribution is 5.80. The second-order valence-electron chi connectivity index (χ2n) is 8.25. The minimum atomic E-state index is -0.472. The molecule has 0 amide bonds. The molecule has 2 aromatic rings. The quantitative estimate of drug-likeness (QED) is 0.705. The van der Waals surface area contributed by atoms with Crippen LogP contribution in [0.1, 0.15) is 45.9 Å². The summed E-state index contributed by atoms with van der Waals surface area (Å²) in [6, 6.07) is 7.62. The van der Waals surface area contributed by atoms with E-state index >= 15 is 0 Å². The fraction of sp³-hybridized carbons (Fsp3) is 0.591. The zero-order valence-corrected chi connectivity index (χ0v) is 17.2. The van der Waals surface area contributed by atoms with E-state index in [-0.39, 0.29) is 19.3 Å². The lowest BCUT2D eigenvalue weighted by Crippen LogP contribution is -2.37. The van der Waals surface area contributed by atoms with E-state index in [1.54, 1.807) is 4.57 Å².